The second-order valence-corrected chi connectivity index (χ2v) is 7.84. The first kappa shape index (κ1) is 17.7. The molecule has 0 radical (unpaired) electrons. The van der Waals surface area contributed by atoms with Gasteiger partial charge in [0.15, 0.2) is 5.65 Å². The molecule has 3 aromatic rings. The molecule has 0 aliphatic rings. The maximum Gasteiger partial charge on any atom is 0.248 e. The fraction of sp³-hybridized carbons (Fsp3) is 0.235. The zero-order valence-electron chi connectivity index (χ0n) is 14.7. The van der Waals surface area contributed by atoms with Crippen molar-refractivity contribution in [2.75, 3.05) is 19.1 Å². The van der Waals surface area contributed by atoms with E-state index in [1.54, 1.807) is 11.7 Å². The minimum Gasteiger partial charge on any atom is -0.496 e. The topological polar surface area (TPSA) is 124 Å². The van der Waals surface area contributed by atoms with E-state index in [2.05, 4.69) is 9.97 Å². The van der Waals surface area contributed by atoms with Gasteiger partial charge in [0.05, 0.1) is 18.2 Å². The fourth-order valence-electron chi connectivity index (χ4n) is 2.97. The van der Waals surface area contributed by atoms with Crippen LogP contribution in [0.5, 0.6) is 5.75 Å². The van der Waals surface area contributed by atoms with Crippen molar-refractivity contribution in [1.82, 2.24) is 14.5 Å². The van der Waals surface area contributed by atoms with Gasteiger partial charge < -0.3 is 10.5 Å². The first-order chi connectivity index (χ1) is 12.2. The highest BCUT2D eigenvalue weighted by Gasteiger charge is 2.23. The number of aryl methyl sites for hydroxylation is 1. The lowest BCUT2D eigenvalue weighted by Gasteiger charge is -2.16. The average Bonchev–Trinajstić information content (AvgIpc) is 2.85. The van der Waals surface area contributed by atoms with Gasteiger partial charge in [-0.05, 0) is 25.5 Å². The van der Waals surface area contributed by atoms with Crippen molar-refractivity contribution in [2.45, 2.75) is 19.0 Å². The second-order valence-electron chi connectivity index (χ2n) is 5.93. The molecule has 0 bridgehead atoms. The molecule has 1 aromatic carbocycles. The predicted octanol–water partition coefficient (Wildman–Crippen LogP) is 1.90. The summed E-state index contributed by atoms with van der Waals surface area (Å²) in [4.78, 5) is 8.05. The van der Waals surface area contributed by atoms with E-state index in [0.29, 0.717) is 16.8 Å². The van der Waals surface area contributed by atoms with Crippen LogP contribution >= 0.6 is 0 Å². The van der Waals surface area contributed by atoms with Gasteiger partial charge in [0.2, 0.25) is 15.0 Å². The standard InChI is InChI=1S/C17H17N5O3S/c1-9-5-6-13(25-3)10(2)14(9)22-15(19)11(7-18)12-8-20-17(21-16(12)22)26(4,23)24/h5-6,8H,19H2,1-4H3. The van der Waals surface area contributed by atoms with E-state index in [-0.39, 0.29) is 22.2 Å². The summed E-state index contributed by atoms with van der Waals surface area (Å²) in [6.07, 6.45) is 2.34. The molecule has 0 spiro atoms. The molecular weight excluding hydrogens is 354 g/mol. The lowest BCUT2D eigenvalue weighted by atomic mass is 10.1. The number of hydrogen-bond acceptors (Lipinski definition) is 7. The fourth-order valence-corrected chi connectivity index (χ4v) is 3.47. The van der Waals surface area contributed by atoms with Crippen LogP contribution in [0.1, 0.15) is 16.7 Å². The van der Waals surface area contributed by atoms with Crippen LogP contribution in [0.2, 0.25) is 0 Å². The van der Waals surface area contributed by atoms with Gasteiger partial charge >= 0.3 is 0 Å². The van der Waals surface area contributed by atoms with Crippen molar-refractivity contribution in [1.29, 1.82) is 5.26 Å². The van der Waals surface area contributed by atoms with Gasteiger partial charge in [0, 0.05) is 18.0 Å². The van der Waals surface area contributed by atoms with Crippen molar-refractivity contribution in [3.8, 4) is 17.5 Å². The minimum atomic E-state index is -3.62. The molecule has 0 saturated carbocycles. The van der Waals surface area contributed by atoms with Gasteiger partial charge in [-0.25, -0.2) is 13.4 Å². The van der Waals surface area contributed by atoms with Gasteiger partial charge in [0.1, 0.15) is 23.2 Å². The van der Waals surface area contributed by atoms with E-state index in [4.69, 9.17) is 10.5 Å². The molecular formula is C17H17N5O3S. The Morgan fingerprint density at radius 2 is 2.00 bits per heavy atom. The number of nitriles is 1. The van der Waals surface area contributed by atoms with Crippen LogP contribution in [-0.4, -0.2) is 36.3 Å². The van der Waals surface area contributed by atoms with E-state index >= 15 is 0 Å². The summed E-state index contributed by atoms with van der Waals surface area (Å²) in [7, 11) is -2.06. The van der Waals surface area contributed by atoms with E-state index in [1.807, 2.05) is 32.0 Å². The van der Waals surface area contributed by atoms with E-state index < -0.39 is 9.84 Å². The Morgan fingerprint density at radius 3 is 2.58 bits per heavy atom. The maximum atomic E-state index is 11.9. The number of anilines is 1. The summed E-state index contributed by atoms with van der Waals surface area (Å²) in [6, 6.07) is 5.74. The van der Waals surface area contributed by atoms with Gasteiger partial charge in [0.25, 0.3) is 0 Å². The Labute approximate surface area is 150 Å². The molecule has 9 heteroatoms. The summed E-state index contributed by atoms with van der Waals surface area (Å²) in [5, 5.41) is 9.56. The Morgan fingerprint density at radius 1 is 1.31 bits per heavy atom. The Balaban J connectivity index is 2.52. The van der Waals surface area contributed by atoms with Crippen LogP contribution < -0.4 is 10.5 Å². The molecule has 3 rings (SSSR count). The second kappa shape index (κ2) is 6.00. The quantitative estimate of drug-likeness (QED) is 0.697. The summed E-state index contributed by atoms with van der Waals surface area (Å²) in [5.41, 5.74) is 9.03. The van der Waals surface area contributed by atoms with Gasteiger partial charge in [-0.2, -0.15) is 10.2 Å². The number of methoxy groups -OCH3 is 1. The lowest BCUT2D eigenvalue weighted by Crippen LogP contribution is -2.08. The molecule has 0 atom stereocenters. The van der Waals surface area contributed by atoms with Crippen LogP contribution in [0.3, 0.4) is 0 Å². The predicted molar refractivity (Wildman–Crippen MR) is 97.1 cm³/mol. The summed E-state index contributed by atoms with van der Waals surface area (Å²) < 4.78 is 30.7. The Hall–Kier alpha value is -3.12. The van der Waals surface area contributed by atoms with Gasteiger partial charge in [-0.1, -0.05) is 6.07 Å². The molecule has 0 aliphatic heterocycles. The zero-order chi connectivity index (χ0) is 19.2. The van der Waals surface area contributed by atoms with Crippen LogP contribution in [-0.2, 0) is 9.84 Å². The van der Waals surface area contributed by atoms with Crippen molar-refractivity contribution in [2.24, 2.45) is 0 Å². The normalized spacial score (nSPS) is 11.5. The molecule has 0 amide bonds. The highest BCUT2D eigenvalue weighted by molar-refractivity contribution is 7.90. The first-order valence-electron chi connectivity index (χ1n) is 7.62. The number of rotatable bonds is 3. The summed E-state index contributed by atoms with van der Waals surface area (Å²) in [5.74, 6) is 0.810. The molecule has 0 aliphatic carbocycles. The monoisotopic (exact) mass is 371 g/mol. The number of fused-ring (bicyclic) bond motifs is 1. The molecule has 0 unspecified atom stereocenters. The lowest BCUT2D eigenvalue weighted by molar-refractivity contribution is 0.411. The number of nitrogen functional groups attached to an aromatic ring is 1. The van der Waals surface area contributed by atoms with E-state index in [1.165, 1.54) is 6.20 Å². The number of benzene rings is 1. The maximum absolute atomic E-state index is 11.9. The number of hydrogen-bond donors (Lipinski definition) is 1. The first-order valence-corrected chi connectivity index (χ1v) is 9.51. The van der Waals surface area contributed by atoms with Crippen LogP contribution in [0.4, 0.5) is 5.82 Å². The third-order valence-corrected chi connectivity index (χ3v) is 5.05. The molecule has 134 valence electrons. The Bertz CT molecular complexity index is 1190. The van der Waals surface area contributed by atoms with Crippen molar-refractivity contribution in [3.63, 3.8) is 0 Å². The molecule has 0 saturated heterocycles. The summed E-state index contributed by atoms with van der Waals surface area (Å²) in [6.45, 7) is 3.74. The number of ether oxygens (including phenoxy) is 1. The Kier molecular flexibility index (Phi) is 4.08. The molecule has 2 aromatic heterocycles. The largest absolute Gasteiger partial charge is 0.496 e. The van der Waals surface area contributed by atoms with Gasteiger partial charge in [-0.3, -0.25) is 4.57 Å². The number of aromatic nitrogens is 3. The van der Waals surface area contributed by atoms with Crippen molar-refractivity contribution >= 4 is 26.7 Å². The summed E-state index contributed by atoms with van der Waals surface area (Å²) >= 11 is 0. The number of nitrogens with zero attached hydrogens (tertiary/aromatic N) is 4. The molecule has 2 N–H and O–H groups in total. The van der Waals surface area contributed by atoms with Crippen molar-refractivity contribution in [3.05, 3.63) is 35.0 Å². The molecule has 26 heavy (non-hydrogen) atoms. The van der Waals surface area contributed by atoms with Gasteiger partial charge in [-0.15, -0.1) is 0 Å². The van der Waals surface area contributed by atoms with E-state index in [9.17, 15) is 13.7 Å². The molecule has 2 heterocycles. The third-order valence-electron chi connectivity index (χ3n) is 4.19. The average molecular weight is 371 g/mol. The molecule has 0 fully saturated rings. The van der Waals surface area contributed by atoms with E-state index in [0.717, 1.165) is 17.4 Å². The van der Waals surface area contributed by atoms with Crippen molar-refractivity contribution < 1.29 is 13.2 Å². The molecule has 8 nitrogen and oxygen atoms in total. The smallest absolute Gasteiger partial charge is 0.248 e. The SMILES string of the molecule is COc1ccc(C)c(-n2c(N)c(C#N)c3cnc(S(C)(=O)=O)nc32)c1C. The van der Waals surface area contributed by atoms with Crippen LogP contribution in [0, 0.1) is 25.2 Å². The zero-order valence-corrected chi connectivity index (χ0v) is 15.5. The minimum absolute atomic E-state index is 0.168. The highest BCUT2D eigenvalue weighted by atomic mass is 32.2. The van der Waals surface area contributed by atoms with Crippen LogP contribution in [0.15, 0.2) is 23.5 Å². The van der Waals surface area contributed by atoms with Crippen LogP contribution in [0.25, 0.3) is 16.7 Å². The third kappa shape index (κ3) is 2.55. The number of nitrogens with two attached hydrogens (primary N) is 1. The highest BCUT2D eigenvalue weighted by Crippen LogP contribution is 2.35. The number of sulfone groups is 1.